The van der Waals surface area contributed by atoms with Crippen molar-refractivity contribution in [3.63, 3.8) is 0 Å². The summed E-state index contributed by atoms with van der Waals surface area (Å²) in [6.45, 7) is 4.02. The number of aryl methyl sites for hydroxylation is 1. The number of carbonyl (C=O) groups is 1. The molecule has 2 aromatic heterocycles. The summed E-state index contributed by atoms with van der Waals surface area (Å²) < 4.78 is 1.87. The molecule has 5 heteroatoms. The van der Waals surface area contributed by atoms with Crippen molar-refractivity contribution in [3.05, 3.63) is 35.4 Å². The minimum Gasteiger partial charge on any atom is -0.476 e. The molecule has 0 aliphatic rings. The third-order valence-electron chi connectivity index (χ3n) is 3.04. The Morgan fingerprint density at radius 1 is 1.56 bits per heavy atom. The highest BCUT2D eigenvalue weighted by Gasteiger charge is 2.17. The molecule has 18 heavy (non-hydrogen) atoms. The monoisotopic (exact) mass is 247 g/mol. The Morgan fingerprint density at radius 3 is 2.89 bits per heavy atom. The molecule has 0 aromatic carbocycles. The molecule has 0 amide bonds. The van der Waals surface area contributed by atoms with Gasteiger partial charge in [0.25, 0.3) is 0 Å². The molecule has 0 aliphatic heterocycles. The number of nitrogens with zero attached hydrogens (tertiary/aromatic N) is 2. The van der Waals surface area contributed by atoms with E-state index in [0.717, 1.165) is 11.4 Å². The molecule has 1 unspecified atom stereocenters. The van der Waals surface area contributed by atoms with Gasteiger partial charge in [0.2, 0.25) is 0 Å². The summed E-state index contributed by atoms with van der Waals surface area (Å²) in [7, 11) is 1.88. The number of pyridine rings is 1. The Kier molecular flexibility index (Phi) is 3.34. The van der Waals surface area contributed by atoms with E-state index in [4.69, 9.17) is 5.11 Å². The standard InChI is InChI=1S/C13H17N3O2/c1-8-4-5-10-12(13(17)18)15-11(16(10)7-8)6-9(2)14-3/h4-5,7,9,14H,6H2,1-3H3,(H,17,18). The number of rotatable bonds is 4. The molecule has 0 aliphatic carbocycles. The van der Waals surface area contributed by atoms with Crippen LogP contribution >= 0.6 is 0 Å². The molecule has 0 bridgehead atoms. The molecule has 5 nitrogen and oxygen atoms in total. The van der Waals surface area contributed by atoms with E-state index in [2.05, 4.69) is 10.3 Å². The van der Waals surface area contributed by atoms with Crippen LogP contribution in [0, 0.1) is 6.92 Å². The van der Waals surface area contributed by atoms with Crippen LogP contribution in [0.1, 0.15) is 28.8 Å². The molecule has 0 radical (unpaired) electrons. The first-order valence-corrected chi connectivity index (χ1v) is 5.91. The van der Waals surface area contributed by atoms with Crippen LogP contribution in [-0.2, 0) is 6.42 Å². The Labute approximate surface area is 105 Å². The van der Waals surface area contributed by atoms with Crippen LogP contribution < -0.4 is 5.32 Å². The highest BCUT2D eigenvalue weighted by atomic mass is 16.4. The predicted octanol–water partition coefficient (Wildman–Crippen LogP) is 1.49. The maximum Gasteiger partial charge on any atom is 0.356 e. The minimum absolute atomic E-state index is 0.119. The van der Waals surface area contributed by atoms with Gasteiger partial charge >= 0.3 is 5.97 Å². The number of hydrogen-bond acceptors (Lipinski definition) is 3. The number of fused-ring (bicyclic) bond motifs is 1. The van der Waals surface area contributed by atoms with Crippen molar-refractivity contribution in [1.82, 2.24) is 14.7 Å². The largest absolute Gasteiger partial charge is 0.476 e. The predicted molar refractivity (Wildman–Crippen MR) is 69.1 cm³/mol. The third-order valence-corrected chi connectivity index (χ3v) is 3.04. The van der Waals surface area contributed by atoms with Crippen molar-refractivity contribution in [2.45, 2.75) is 26.3 Å². The summed E-state index contributed by atoms with van der Waals surface area (Å²) in [6.07, 6.45) is 2.61. The number of hydrogen-bond donors (Lipinski definition) is 2. The minimum atomic E-state index is -0.986. The molecule has 2 rings (SSSR count). The zero-order valence-corrected chi connectivity index (χ0v) is 10.8. The van der Waals surface area contributed by atoms with Crippen molar-refractivity contribution >= 4 is 11.5 Å². The molecule has 1 atom stereocenters. The van der Waals surface area contributed by atoms with E-state index in [9.17, 15) is 4.79 Å². The summed E-state index contributed by atoms with van der Waals surface area (Å²) in [5.74, 6) is -0.215. The lowest BCUT2D eigenvalue weighted by Gasteiger charge is -2.08. The highest BCUT2D eigenvalue weighted by molar-refractivity contribution is 5.93. The maximum absolute atomic E-state index is 11.2. The van der Waals surface area contributed by atoms with Gasteiger partial charge in [0.05, 0.1) is 5.52 Å². The van der Waals surface area contributed by atoms with Gasteiger partial charge in [-0.15, -0.1) is 0 Å². The summed E-state index contributed by atoms with van der Waals surface area (Å²) in [6, 6.07) is 3.95. The molecule has 0 saturated heterocycles. The van der Waals surface area contributed by atoms with Gasteiger partial charge in [-0.25, -0.2) is 9.78 Å². The molecule has 0 fully saturated rings. The van der Waals surface area contributed by atoms with E-state index in [1.54, 1.807) is 6.07 Å². The molecule has 0 saturated carbocycles. The van der Waals surface area contributed by atoms with Gasteiger partial charge in [0.1, 0.15) is 5.82 Å². The van der Waals surface area contributed by atoms with Crippen LogP contribution in [0.15, 0.2) is 18.3 Å². The molecular formula is C13H17N3O2. The summed E-state index contributed by atoms with van der Waals surface area (Å²) >= 11 is 0. The van der Waals surface area contributed by atoms with Gasteiger partial charge in [0.15, 0.2) is 5.69 Å². The normalized spacial score (nSPS) is 12.8. The topological polar surface area (TPSA) is 66.6 Å². The van der Waals surface area contributed by atoms with Gasteiger partial charge in [0, 0.05) is 18.7 Å². The Bertz CT molecular complexity index is 589. The van der Waals surface area contributed by atoms with Gasteiger partial charge < -0.3 is 14.8 Å². The molecule has 0 spiro atoms. The van der Waals surface area contributed by atoms with Crippen molar-refractivity contribution in [2.24, 2.45) is 0 Å². The fourth-order valence-corrected chi connectivity index (χ4v) is 1.93. The Hall–Kier alpha value is -1.88. The summed E-state index contributed by atoms with van der Waals surface area (Å²) in [5, 5.41) is 12.3. The van der Waals surface area contributed by atoms with Crippen LogP contribution in [0.3, 0.4) is 0 Å². The number of imidazole rings is 1. The van der Waals surface area contributed by atoms with Crippen molar-refractivity contribution < 1.29 is 9.90 Å². The number of carboxylic acid groups (broad SMARTS) is 1. The van der Waals surface area contributed by atoms with E-state index in [1.165, 1.54) is 0 Å². The van der Waals surface area contributed by atoms with Gasteiger partial charge in [-0.05, 0) is 32.5 Å². The van der Waals surface area contributed by atoms with Crippen LogP contribution in [0.4, 0.5) is 0 Å². The second-order valence-corrected chi connectivity index (χ2v) is 4.54. The number of nitrogens with one attached hydrogen (secondary N) is 1. The first kappa shape index (κ1) is 12.6. The first-order chi connectivity index (χ1) is 8.52. The average Bonchev–Trinajstić information content (AvgIpc) is 2.67. The molecule has 2 aromatic rings. The second-order valence-electron chi connectivity index (χ2n) is 4.54. The van der Waals surface area contributed by atoms with E-state index in [1.807, 2.05) is 37.6 Å². The first-order valence-electron chi connectivity index (χ1n) is 5.91. The second kappa shape index (κ2) is 4.78. The van der Waals surface area contributed by atoms with Gasteiger partial charge in [-0.3, -0.25) is 0 Å². The van der Waals surface area contributed by atoms with E-state index < -0.39 is 5.97 Å². The molecule has 2 heterocycles. The number of aromatic carboxylic acids is 1. The lowest BCUT2D eigenvalue weighted by molar-refractivity contribution is 0.0693. The smallest absolute Gasteiger partial charge is 0.356 e. The molecule has 96 valence electrons. The summed E-state index contributed by atoms with van der Waals surface area (Å²) in [4.78, 5) is 15.4. The van der Waals surface area contributed by atoms with Crippen molar-refractivity contribution in [1.29, 1.82) is 0 Å². The molecular weight excluding hydrogens is 230 g/mol. The maximum atomic E-state index is 11.2. The van der Waals surface area contributed by atoms with Crippen LogP contribution in [0.5, 0.6) is 0 Å². The zero-order chi connectivity index (χ0) is 13.3. The van der Waals surface area contributed by atoms with Crippen molar-refractivity contribution in [2.75, 3.05) is 7.05 Å². The third kappa shape index (κ3) is 2.22. The number of likely N-dealkylation sites (N-methyl/N-ethyl adjacent to an activating group) is 1. The fourth-order valence-electron chi connectivity index (χ4n) is 1.93. The lowest BCUT2D eigenvalue weighted by atomic mass is 10.2. The number of carboxylic acids is 1. The van der Waals surface area contributed by atoms with Gasteiger partial charge in [-0.2, -0.15) is 0 Å². The van der Waals surface area contributed by atoms with Crippen molar-refractivity contribution in [3.8, 4) is 0 Å². The molecule has 2 N–H and O–H groups in total. The summed E-state index contributed by atoms with van der Waals surface area (Å²) in [5.41, 5.74) is 1.84. The Balaban J connectivity index is 2.58. The highest BCUT2D eigenvalue weighted by Crippen LogP contribution is 2.16. The van der Waals surface area contributed by atoms with E-state index >= 15 is 0 Å². The SMILES string of the molecule is CNC(C)Cc1nc(C(=O)O)c2ccc(C)cn12. The number of aromatic nitrogens is 2. The lowest BCUT2D eigenvalue weighted by Crippen LogP contribution is -2.24. The average molecular weight is 247 g/mol. The quantitative estimate of drug-likeness (QED) is 0.859. The van der Waals surface area contributed by atoms with Crippen LogP contribution in [0.2, 0.25) is 0 Å². The Morgan fingerprint density at radius 2 is 2.28 bits per heavy atom. The fraction of sp³-hybridized carbons (Fsp3) is 0.385. The van der Waals surface area contributed by atoms with Crippen LogP contribution in [-0.4, -0.2) is 33.6 Å². The zero-order valence-electron chi connectivity index (χ0n) is 10.8. The van der Waals surface area contributed by atoms with Gasteiger partial charge in [-0.1, -0.05) is 6.07 Å². The van der Waals surface area contributed by atoms with Crippen LogP contribution in [0.25, 0.3) is 5.52 Å². The van der Waals surface area contributed by atoms with E-state index in [-0.39, 0.29) is 11.7 Å². The van der Waals surface area contributed by atoms with E-state index in [0.29, 0.717) is 11.9 Å².